The van der Waals surface area contributed by atoms with Crippen LogP contribution in [0.1, 0.15) is 31.2 Å². The quantitative estimate of drug-likeness (QED) is 0.782. The van der Waals surface area contributed by atoms with Crippen molar-refractivity contribution < 1.29 is 5.11 Å². The molecule has 0 amide bonds. The number of fused-ring (bicyclic) bond motifs is 1. The van der Waals surface area contributed by atoms with Crippen LogP contribution in [0.3, 0.4) is 0 Å². The molecule has 1 N–H and O–H groups in total. The zero-order chi connectivity index (χ0) is 18.1. The molecule has 132 valence electrons. The first-order valence-electron chi connectivity index (χ1n) is 8.77. The second kappa shape index (κ2) is 6.73. The highest BCUT2D eigenvalue weighted by atomic mass is 16.3. The smallest absolute Gasteiger partial charge is 0.165 e. The maximum Gasteiger partial charge on any atom is 0.165 e. The lowest BCUT2D eigenvalue weighted by molar-refractivity contribution is 0.122. The molecule has 1 fully saturated rings. The fourth-order valence-electron chi connectivity index (χ4n) is 3.53. The molecule has 3 heterocycles. The zero-order valence-electron chi connectivity index (χ0n) is 14.6. The van der Waals surface area contributed by atoms with E-state index in [0.717, 1.165) is 42.6 Å². The molecule has 1 aliphatic carbocycles. The number of aliphatic hydroxyl groups excluding tert-OH is 1. The largest absolute Gasteiger partial charge is 0.393 e. The van der Waals surface area contributed by atoms with Gasteiger partial charge in [0.15, 0.2) is 5.82 Å². The van der Waals surface area contributed by atoms with Gasteiger partial charge in [-0.1, -0.05) is 0 Å². The highest BCUT2D eigenvalue weighted by molar-refractivity contribution is 5.77. The molecule has 0 saturated heterocycles. The Hall–Kier alpha value is -2.98. The van der Waals surface area contributed by atoms with Gasteiger partial charge in [0.2, 0.25) is 0 Å². The molecule has 3 aromatic rings. The maximum atomic E-state index is 9.72. The summed E-state index contributed by atoms with van der Waals surface area (Å²) in [6, 6.07) is 7.95. The molecule has 3 aromatic heterocycles. The van der Waals surface area contributed by atoms with Crippen molar-refractivity contribution in [2.24, 2.45) is 0 Å². The van der Waals surface area contributed by atoms with E-state index in [2.05, 4.69) is 21.1 Å². The van der Waals surface area contributed by atoms with Crippen LogP contribution in [-0.4, -0.2) is 43.9 Å². The molecule has 1 saturated carbocycles. The third kappa shape index (κ3) is 3.00. The topological polar surface area (TPSA) is 90.3 Å². The summed E-state index contributed by atoms with van der Waals surface area (Å²) in [4.78, 5) is 11.3. The Labute approximate surface area is 151 Å². The molecule has 0 aromatic carbocycles. The van der Waals surface area contributed by atoms with Crippen LogP contribution < -0.4 is 4.90 Å². The van der Waals surface area contributed by atoms with Crippen LogP contribution in [-0.2, 0) is 0 Å². The van der Waals surface area contributed by atoms with Crippen molar-refractivity contribution in [3.63, 3.8) is 0 Å². The molecular weight excluding hydrogens is 328 g/mol. The number of aliphatic hydroxyl groups is 1. The molecule has 0 aliphatic heterocycles. The van der Waals surface area contributed by atoms with Gasteiger partial charge in [-0.05, 0) is 43.9 Å². The lowest BCUT2D eigenvalue weighted by Gasteiger charge is -2.33. The Morgan fingerprint density at radius 3 is 2.85 bits per heavy atom. The van der Waals surface area contributed by atoms with E-state index in [9.17, 15) is 5.11 Å². The summed E-state index contributed by atoms with van der Waals surface area (Å²) in [5, 5.41) is 23.2. The lowest BCUT2D eigenvalue weighted by atomic mass is 9.92. The highest BCUT2D eigenvalue weighted by Gasteiger charge is 2.24. The molecule has 0 radical (unpaired) electrons. The number of hydrogen-bond acceptors (Lipinski definition) is 6. The maximum absolute atomic E-state index is 9.72. The van der Waals surface area contributed by atoms with Gasteiger partial charge in [-0.2, -0.15) is 10.4 Å². The summed E-state index contributed by atoms with van der Waals surface area (Å²) in [6.07, 6.45) is 8.65. The number of aromatic nitrogens is 4. The molecule has 7 nitrogen and oxygen atoms in total. The fraction of sp³-hybridized carbons (Fsp3) is 0.368. The lowest BCUT2D eigenvalue weighted by Crippen LogP contribution is -2.36. The standard InChI is InChI=1S/C19H20N6O/c1-24(14-2-4-15(26)5-3-14)18-6-8-21-19(23-18)16-12-22-25-9-7-13(11-20)10-17(16)25/h6-10,12,14-15,26H,2-5H2,1H3. The average Bonchev–Trinajstić information content (AvgIpc) is 3.11. The molecule has 4 rings (SSSR count). The second-order valence-corrected chi connectivity index (χ2v) is 6.73. The highest BCUT2D eigenvalue weighted by Crippen LogP contribution is 2.27. The van der Waals surface area contributed by atoms with Crippen LogP contribution in [0.4, 0.5) is 5.82 Å². The van der Waals surface area contributed by atoms with E-state index < -0.39 is 0 Å². The number of anilines is 1. The van der Waals surface area contributed by atoms with Crippen molar-refractivity contribution in [1.82, 2.24) is 19.6 Å². The van der Waals surface area contributed by atoms with E-state index in [1.54, 1.807) is 35.2 Å². The van der Waals surface area contributed by atoms with Gasteiger partial charge < -0.3 is 10.0 Å². The number of hydrogen-bond donors (Lipinski definition) is 1. The molecule has 7 heteroatoms. The Kier molecular flexibility index (Phi) is 4.27. The van der Waals surface area contributed by atoms with E-state index in [1.807, 2.05) is 13.1 Å². The van der Waals surface area contributed by atoms with Gasteiger partial charge in [-0.3, -0.25) is 0 Å². The van der Waals surface area contributed by atoms with Crippen LogP contribution in [0.5, 0.6) is 0 Å². The molecule has 0 atom stereocenters. The minimum Gasteiger partial charge on any atom is -0.393 e. The second-order valence-electron chi connectivity index (χ2n) is 6.73. The number of pyridine rings is 1. The summed E-state index contributed by atoms with van der Waals surface area (Å²) in [5.41, 5.74) is 2.19. The first-order chi connectivity index (χ1) is 12.7. The Bertz CT molecular complexity index is 968. The van der Waals surface area contributed by atoms with Gasteiger partial charge in [-0.15, -0.1) is 0 Å². The third-order valence-corrected chi connectivity index (χ3v) is 5.11. The zero-order valence-corrected chi connectivity index (χ0v) is 14.6. The third-order valence-electron chi connectivity index (χ3n) is 5.11. The van der Waals surface area contributed by atoms with Gasteiger partial charge in [0.25, 0.3) is 0 Å². The predicted molar refractivity (Wildman–Crippen MR) is 97.6 cm³/mol. The van der Waals surface area contributed by atoms with Crippen LogP contribution in [0, 0.1) is 11.3 Å². The van der Waals surface area contributed by atoms with Crippen LogP contribution >= 0.6 is 0 Å². The molecule has 0 unspecified atom stereocenters. The van der Waals surface area contributed by atoms with Crippen molar-refractivity contribution in [3.05, 3.63) is 42.4 Å². The van der Waals surface area contributed by atoms with Crippen LogP contribution in [0.2, 0.25) is 0 Å². The van der Waals surface area contributed by atoms with E-state index in [4.69, 9.17) is 10.2 Å². The SMILES string of the molecule is CN(c1ccnc(-c2cnn3ccc(C#N)cc23)n1)C1CCC(O)CC1. The van der Waals surface area contributed by atoms with Gasteiger partial charge in [0.05, 0.1) is 35.0 Å². The Morgan fingerprint density at radius 2 is 2.08 bits per heavy atom. The summed E-state index contributed by atoms with van der Waals surface area (Å²) >= 11 is 0. The van der Waals surface area contributed by atoms with E-state index >= 15 is 0 Å². The minimum absolute atomic E-state index is 0.172. The molecule has 26 heavy (non-hydrogen) atoms. The monoisotopic (exact) mass is 348 g/mol. The van der Waals surface area contributed by atoms with E-state index in [1.165, 1.54) is 0 Å². The summed E-state index contributed by atoms with van der Waals surface area (Å²) in [7, 11) is 2.04. The molecule has 0 spiro atoms. The van der Waals surface area contributed by atoms with Gasteiger partial charge in [0, 0.05) is 25.5 Å². The number of nitriles is 1. The minimum atomic E-state index is -0.172. The van der Waals surface area contributed by atoms with Crippen molar-refractivity contribution >= 4 is 11.3 Å². The summed E-state index contributed by atoms with van der Waals surface area (Å²) < 4.78 is 1.72. The van der Waals surface area contributed by atoms with Crippen LogP contribution in [0.25, 0.3) is 16.9 Å². The van der Waals surface area contributed by atoms with Gasteiger partial charge in [-0.25, -0.2) is 14.5 Å². The van der Waals surface area contributed by atoms with Crippen molar-refractivity contribution in [3.8, 4) is 17.5 Å². The number of nitrogens with zero attached hydrogens (tertiary/aromatic N) is 6. The Balaban J connectivity index is 1.67. The van der Waals surface area contributed by atoms with Crippen molar-refractivity contribution in [2.45, 2.75) is 37.8 Å². The average molecular weight is 348 g/mol. The molecule has 0 bridgehead atoms. The van der Waals surface area contributed by atoms with E-state index in [0.29, 0.717) is 17.4 Å². The van der Waals surface area contributed by atoms with Gasteiger partial charge in [0.1, 0.15) is 5.82 Å². The molecule has 1 aliphatic rings. The van der Waals surface area contributed by atoms with Gasteiger partial charge >= 0.3 is 0 Å². The first-order valence-corrected chi connectivity index (χ1v) is 8.77. The first kappa shape index (κ1) is 16.5. The fourth-order valence-corrected chi connectivity index (χ4v) is 3.53. The van der Waals surface area contributed by atoms with Crippen molar-refractivity contribution in [1.29, 1.82) is 5.26 Å². The summed E-state index contributed by atoms with van der Waals surface area (Å²) in [6.45, 7) is 0. The molecular formula is C19H20N6O. The van der Waals surface area contributed by atoms with Crippen LogP contribution in [0.15, 0.2) is 36.8 Å². The Morgan fingerprint density at radius 1 is 1.27 bits per heavy atom. The normalized spacial score (nSPS) is 20.0. The number of rotatable bonds is 3. The summed E-state index contributed by atoms with van der Waals surface area (Å²) in [5.74, 6) is 1.45. The van der Waals surface area contributed by atoms with E-state index in [-0.39, 0.29) is 6.10 Å². The predicted octanol–water partition coefficient (Wildman–Crippen LogP) is 2.40. The van der Waals surface area contributed by atoms with Crippen molar-refractivity contribution in [2.75, 3.05) is 11.9 Å².